The number of hydrogen-bond acceptors (Lipinski definition) is 4. The SMILES string of the molecule is COc1ccc(CC(=O)NNC(=O)c2ccc(=O)n(Cc3ccccc3)c2)cc1. The van der Waals surface area contributed by atoms with Gasteiger partial charge in [0.1, 0.15) is 5.75 Å². The minimum atomic E-state index is -0.505. The minimum Gasteiger partial charge on any atom is -0.497 e. The Hall–Kier alpha value is -3.87. The summed E-state index contributed by atoms with van der Waals surface area (Å²) in [6.45, 7) is 0.352. The normalized spacial score (nSPS) is 10.2. The maximum atomic E-state index is 12.3. The van der Waals surface area contributed by atoms with E-state index in [-0.39, 0.29) is 23.5 Å². The molecule has 2 amide bonds. The number of benzene rings is 2. The Labute approximate surface area is 167 Å². The summed E-state index contributed by atoms with van der Waals surface area (Å²) in [6.07, 6.45) is 1.58. The molecule has 2 N–H and O–H groups in total. The number of carbonyl (C=O) groups is 2. The fourth-order valence-electron chi connectivity index (χ4n) is 2.74. The molecule has 0 saturated heterocycles. The molecular formula is C22H21N3O4. The fourth-order valence-corrected chi connectivity index (χ4v) is 2.74. The molecule has 0 aliphatic rings. The number of carbonyl (C=O) groups excluding carboxylic acids is 2. The van der Waals surface area contributed by atoms with Gasteiger partial charge in [-0.15, -0.1) is 0 Å². The fraction of sp³-hybridized carbons (Fsp3) is 0.136. The third-order valence-corrected chi connectivity index (χ3v) is 4.28. The minimum absolute atomic E-state index is 0.109. The molecule has 0 unspecified atom stereocenters. The number of rotatable bonds is 6. The van der Waals surface area contributed by atoms with Crippen molar-refractivity contribution in [2.24, 2.45) is 0 Å². The van der Waals surface area contributed by atoms with Gasteiger partial charge in [0.05, 0.1) is 25.6 Å². The number of ether oxygens (including phenoxy) is 1. The Bertz CT molecular complexity index is 1040. The summed E-state index contributed by atoms with van der Waals surface area (Å²) >= 11 is 0. The van der Waals surface area contributed by atoms with E-state index in [4.69, 9.17) is 4.74 Å². The van der Waals surface area contributed by atoms with Crippen molar-refractivity contribution in [3.8, 4) is 5.75 Å². The van der Waals surface area contributed by atoms with Crippen molar-refractivity contribution in [2.45, 2.75) is 13.0 Å². The number of methoxy groups -OCH3 is 1. The van der Waals surface area contributed by atoms with E-state index in [9.17, 15) is 14.4 Å². The van der Waals surface area contributed by atoms with E-state index in [0.29, 0.717) is 12.3 Å². The van der Waals surface area contributed by atoms with Gasteiger partial charge < -0.3 is 9.30 Å². The topological polar surface area (TPSA) is 89.4 Å². The van der Waals surface area contributed by atoms with Crippen LogP contribution in [0.3, 0.4) is 0 Å². The Kier molecular flexibility index (Phi) is 6.42. The number of aromatic nitrogens is 1. The average Bonchev–Trinajstić information content (AvgIpc) is 2.75. The predicted octanol–water partition coefficient (Wildman–Crippen LogP) is 1.91. The van der Waals surface area contributed by atoms with Crippen LogP contribution in [0.4, 0.5) is 0 Å². The Morgan fingerprint density at radius 1 is 0.897 bits per heavy atom. The molecule has 0 bridgehead atoms. The van der Waals surface area contributed by atoms with Crippen LogP contribution in [0, 0.1) is 0 Å². The molecule has 7 nitrogen and oxygen atoms in total. The van der Waals surface area contributed by atoms with Crippen molar-refractivity contribution < 1.29 is 14.3 Å². The van der Waals surface area contributed by atoms with Crippen LogP contribution in [-0.2, 0) is 17.8 Å². The Morgan fingerprint density at radius 3 is 2.31 bits per heavy atom. The van der Waals surface area contributed by atoms with E-state index in [0.717, 1.165) is 11.1 Å². The molecule has 29 heavy (non-hydrogen) atoms. The largest absolute Gasteiger partial charge is 0.497 e. The molecule has 3 aromatic rings. The lowest BCUT2D eigenvalue weighted by Gasteiger charge is -2.10. The van der Waals surface area contributed by atoms with Crippen LogP contribution in [-0.4, -0.2) is 23.5 Å². The maximum absolute atomic E-state index is 12.3. The summed E-state index contributed by atoms with van der Waals surface area (Å²) in [4.78, 5) is 36.5. The molecule has 1 aromatic heterocycles. The monoisotopic (exact) mass is 391 g/mol. The van der Waals surface area contributed by atoms with Crippen LogP contribution in [0.2, 0.25) is 0 Å². The summed E-state index contributed by atoms with van der Waals surface area (Å²) in [6, 6.07) is 19.3. The standard InChI is InChI=1S/C22H21N3O4/c1-29-19-10-7-16(8-11-19)13-20(26)23-24-22(28)18-9-12-21(27)25(15-18)14-17-5-3-2-4-6-17/h2-12,15H,13-14H2,1H3,(H,23,26)(H,24,28). The molecule has 2 aromatic carbocycles. The van der Waals surface area contributed by atoms with Crippen LogP contribution >= 0.6 is 0 Å². The lowest BCUT2D eigenvalue weighted by Crippen LogP contribution is -2.42. The van der Waals surface area contributed by atoms with Gasteiger partial charge in [0.25, 0.3) is 11.5 Å². The maximum Gasteiger partial charge on any atom is 0.271 e. The van der Waals surface area contributed by atoms with E-state index in [1.54, 1.807) is 31.4 Å². The van der Waals surface area contributed by atoms with E-state index in [1.165, 1.54) is 22.9 Å². The summed E-state index contributed by atoms with van der Waals surface area (Å²) in [5.41, 5.74) is 6.54. The molecule has 0 aliphatic heterocycles. The number of nitrogens with zero attached hydrogens (tertiary/aromatic N) is 1. The summed E-state index contributed by atoms with van der Waals surface area (Å²) < 4.78 is 6.52. The molecule has 0 spiro atoms. The van der Waals surface area contributed by atoms with Gasteiger partial charge in [0.2, 0.25) is 5.91 Å². The van der Waals surface area contributed by atoms with Crippen molar-refractivity contribution >= 4 is 11.8 Å². The molecule has 0 fully saturated rings. The zero-order valence-corrected chi connectivity index (χ0v) is 15.9. The van der Waals surface area contributed by atoms with Gasteiger partial charge >= 0.3 is 0 Å². The first kappa shape index (κ1) is 19.9. The van der Waals surface area contributed by atoms with Crippen LogP contribution in [0.5, 0.6) is 5.75 Å². The van der Waals surface area contributed by atoms with Crippen LogP contribution < -0.4 is 21.1 Å². The lowest BCUT2D eigenvalue weighted by molar-refractivity contribution is -0.121. The second-order valence-corrected chi connectivity index (χ2v) is 6.40. The van der Waals surface area contributed by atoms with Crippen LogP contribution in [0.1, 0.15) is 21.5 Å². The van der Waals surface area contributed by atoms with E-state index < -0.39 is 5.91 Å². The molecular weight excluding hydrogens is 370 g/mol. The van der Waals surface area contributed by atoms with E-state index in [2.05, 4.69) is 10.9 Å². The molecule has 1 heterocycles. The zero-order valence-electron chi connectivity index (χ0n) is 15.9. The van der Waals surface area contributed by atoms with Crippen LogP contribution in [0.25, 0.3) is 0 Å². The quantitative estimate of drug-likeness (QED) is 0.628. The lowest BCUT2D eigenvalue weighted by atomic mass is 10.1. The third kappa shape index (κ3) is 5.55. The molecule has 0 saturated carbocycles. The summed E-state index contributed by atoms with van der Waals surface area (Å²) in [5, 5.41) is 0. The second-order valence-electron chi connectivity index (χ2n) is 6.40. The van der Waals surface area contributed by atoms with Crippen molar-refractivity contribution in [3.63, 3.8) is 0 Å². The highest BCUT2D eigenvalue weighted by Crippen LogP contribution is 2.11. The van der Waals surface area contributed by atoms with Gasteiger partial charge in [-0.3, -0.25) is 25.2 Å². The number of pyridine rings is 1. The van der Waals surface area contributed by atoms with Crippen LogP contribution in [0.15, 0.2) is 77.7 Å². The van der Waals surface area contributed by atoms with Crippen molar-refractivity contribution in [1.82, 2.24) is 15.4 Å². The highest BCUT2D eigenvalue weighted by Gasteiger charge is 2.10. The van der Waals surface area contributed by atoms with Gasteiger partial charge in [0.15, 0.2) is 0 Å². The molecule has 0 radical (unpaired) electrons. The van der Waals surface area contributed by atoms with Gasteiger partial charge in [-0.1, -0.05) is 42.5 Å². The second kappa shape index (κ2) is 9.36. The first-order chi connectivity index (χ1) is 14.0. The van der Waals surface area contributed by atoms with Crippen molar-refractivity contribution in [2.75, 3.05) is 7.11 Å². The van der Waals surface area contributed by atoms with E-state index >= 15 is 0 Å². The molecule has 148 valence electrons. The molecule has 7 heteroatoms. The first-order valence-electron chi connectivity index (χ1n) is 9.01. The highest BCUT2D eigenvalue weighted by atomic mass is 16.5. The van der Waals surface area contributed by atoms with Gasteiger partial charge in [-0.25, -0.2) is 0 Å². The number of hydrazine groups is 1. The van der Waals surface area contributed by atoms with E-state index in [1.807, 2.05) is 30.3 Å². The zero-order chi connectivity index (χ0) is 20.6. The van der Waals surface area contributed by atoms with Crippen molar-refractivity contribution in [3.05, 3.63) is 100.0 Å². The molecule has 0 atom stereocenters. The third-order valence-electron chi connectivity index (χ3n) is 4.28. The summed E-state index contributed by atoms with van der Waals surface area (Å²) in [7, 11) is 1.57. The summed E-state index contributed by atoms with van der Waals surface area (Å²) in [5.74, 6) is -0.163. The first-order valence-corrected chi connectivity index (χ1v) is 9.01. The molecule has 3 rings (SSSR count). The number of amides is 2. The number of nitrogens with one attached hydrogen (secondary N) is 2. The Morgan fingerprint density at radius 2 is 1.62 bits per heavy atom. The van der Waals surface area contributed by atoms with Crippen molar-refractivity contribution in [1.29, 1.82) is 0 Å². The average molecular weight is 391 g/mol. The highest BCUT2D eigenvalue weighted by molar-refractivity contribution is 5.95. The molecule has 0 aliphatic carbocycles. The predicted molar refractivity (Wildman–Crippen MR) is 109 cm³/mol. The van der Waals surface area contributed by atoms with Gasteiger partial charge in [0, 0.05) is 12.3 Å². The van der Waals surface area contributed by atoms with Gasteiger partial charge in [-0.2, -0.15) is 0 Å². The smallest absolute Gasteiger partial charge is 0.271 e. The Balaban J connectivity index is 1.59. The number of hydrogen-bond donors (Lipinski definition) is 2. The van der Waals surface area contributed by atoms with Gasteiger partial charge in [-0.05, 0) is 29.3 Å².